The van der Waals surface area contributed by atoms with E-state index in [0.29, 0.717) is 5.69 Å². The van der Waals surface area contributed by atoms with Crippen LogP contribution in [0.5, 0.6) is 0 Å². The first-order valence-corrected chi connectivity index (χ1v) is 15.9. The molecule has 42 heavy (non-hydrogen) atoms. The Labute approximate surface area is 256 Å². The number of hydrogen-bond donors (Lipinski definition) is 1. The maximum absolute atomic E-state index is 14.3. The number of aryl methyl sites for hydroxylation is 1. The van der Waals surface area contributed by atoms with Crippen molar-refractivity contribution in [1.82, 2.24) is 10.2 Å². The summed E-state index contributed by atoms with van der Waals surface area (Å²) in [4.78, 5) is 29.1. The van der Waals surface area contributed by atoms with E-state index in [1.807, 2.05) is 73.7 Å². The predicted molar refractivity (Wildman–Crippen MR) is 169 cm³/mol. The maximum atomic E-state index is 14.3. The summed E-state index contributed by atoms with van der Waals surface area (Å²) in [6.45, 7) is 1.65. The molecule has 4 aromatic rings. The normalized spacial score (nSPS) is 11.9. The van der Waals surface area contributed by atoms with Crippen LogP contribution in [0.25, 0.3) is 0 Å². The molecule has 2 amide bonds. The number of benzene rings is 4. The van der Waals surface area contributed by atoms with Crippen LogP contribution < -0.4 is 9.62 Å². The Balaban J connectivity index is 1.77. The topological polar surface area (TPSA) is 86.8 Å². The second-order valence-corrected chi connectivity index (χ2v) is 12.6. The van der Waals surface area contributed by atoms with Crippen molar-refractivity contribution in [3.63, 3.8) is 0 Å². The van der Waals surface area contributed by atoms with Gasteiger partial charge in [-0.25, -0.2) is 8.42 Å². The van der Waals surface area contributed by atoms with Gasteiger partial charge in [0.1, 0.15) is 12.6 Å². The fraction of sp³-hybridized carbons (Fsp3) is 0.212. The zero-order valence-electron chi connectivity index (χ0n) is 23.6. The molecule has 0 bridgehead atoms. The smallest absolute Gasteiger partial charge is 0.264 e. The van der Waals surface area contributed by atoms with E-state index in [0.717, 1.165) is 31.9 Å². The quantitative estimate of drug-likeness (QED) is 0.217. The first kappa shape index (κ1) is 31.0. The minimum Gasteiger partial charge on any atom is -0.357 e. The number of rotatable bonds is 12. The third kappa shape index (κ3) is 7.66. The molecule has 0 spiro atoms. The van der Waals surface area contributed by atoms with Gasteiger partial charge < -0.3 is 10.2 Å². The van der Waals surface area contributed by atoms with E-state index in [-0.39, 0.29) is 23.8 Å². The molecular formula is C33H34BrN3O4S. The highest BCUT2D eigenvalue weighted by Gasteiger charge is 2.34. The summed E-state index contributed by atoms with van der Waals surface area (Å²) in [6, 6.07) is 31.2. The zero-order chi connectivity index (χ0) is 30.1. The second-order valence-electron chi connectivity index (χ2n) is 9.81. The van der Waals surface area contributed by atoms with Crippen molar-refractivity contribution >= 4 is 43.5 Å². The molecule has 4 rings (SSSR count). The molecular weight excluding hydrogens is 614 g/mol. The largest absolute Gasteiger partial charge is 0.357 e. The lowest BCUT2D eigenvalue weighted by atomic mass is 10.0. The monoisotopic (exact) mass is 647 g/mol. The standard InChI is InChI=1S/C33H34BrN3O4S/c1-3-25-16-20-29(21-17-25)37(42(40,41)30-12-8-5-9-13-30)24-32(38)36(23-27-14-18-28(34)19-15-27)31(33(39)35-2)22-26-10-6-4-7-11-26/h4-21,31H,3,22-24H2,1-2H3,(H,35,39)/t31-/m1/s1. The summed E-state index contributed by atoms with van der Waals surface area (Å²) in [6.07, 6.45) is 1.05. The van der Waals surface area contributed by atoms with Crippen LogP contribution >= 0.6 is 15.9 Å². The first-order chi connectivity index (χ1) is 20.2. The Hall–Kier alpha value is -3.95. The minimum absolute atomic E-state index is 0.0731. The number of sulfonamides is 1. The van der Waals surface area contributed by atoms with Gasteiger partial charge in [0.05, 0.1) is 10.6 Å². The van der Waals surface area contributed by atoms with Gasteiger partial charge in [0, 0.05) is 24.5 Å². The number of likely N-dealkylation sites (N-methyl/N-ethyl adjacent to an activating group) is 1. The molecule has 0 fully saturated rings. The fourth-order valence-corrected chi connectivity index (χ4v) is 6.35. The van der Waals surface area contributed by atoms with E-state index >= 15 is 0 Å². The highest BCUT2D eigenvalue weighted by Crippen LogP contribution is 2.26. The Morgan fingerprint density at radius 2 is 1.36 bits per heavy atom. The SMILES string of the molecule is CCc1ccc(N(CC(=O)N(Cc2ccc(Br)cc2)[C@H](Cc2ccccc2)C(=O)NC)S(=O)(=O)c2ccccc2)cc1. The van der Waals surface area contributed by atoms with Crippen molar-refractivity contribution in [3.05, 3.63) is 130 Å². The van der Waals surface area contributed by atoms with Gasteiger partial charge in [-0.3, -0.25) is 13.9 Å². The minimum atomic E-state index is -4.11. The average Bonchev–Trinajstić information content (AvgIpc) is 3.03. The highest BCUT2D eigenvalue weighted by molar-refractivity contribution is 9.10. The molecule has 0 saturated heterocycles. The van der Waals surface area contributed by atoms with Gasteiger partial charge in [-0.05, 0) is 59.5 Å². The summed E-state index contributed by atoms with van der Waals surface area (Å²) < 4.78 is 29.9. The summed E-state index contributed by atoms with van der Waals surface area (Å²) in [5.74, 6) is -0.837. The summed E-state index contributed by atoms with van der Waals surface area (Å²) >= 11 is 3.44. The summed E-state index contributed by atoms with van der Waals surface area (Å²) in [5, 5.41) is 2.70. The molecule has 0 aliphatic carbocycles. The molecule has 4 aromatic carbocycles. The number of anilines is 1. The van der Waals surface area contributed by atoms with Crippen molar-refractivity contribution < 1.29 is 18.0 Å². The van der Waals surface area contributed by atoms with Crippen molar-refractivity contribution in [2.24, 2.45) is 0 Å². The molecule has 0 aliphatic rings. The number of hydrogen-bond acceptors (Lipinski definition) is 4. The zero-order valence-corrected chi connectivity index (χ0v) is 26.0. The molecule has 9 heteroatoms. The van der Waals surface area contributed by atoms with Gasteiger partial charge in [0.2, 0.25) is 11.8 Å². The first-order valence-electron chi connectivity index (χ1n) is 13.7. The number of nitrogens with zero attached hydrogens (tertiary/aromatic N) is 2. The van der Waals surface area contributed by atoms with Crippen LogP contribution in [0.1, 0.15) is 23.6 Å². The predicted octanol–water partition coefficient (Wildman–Crippen LogP) is 5.59. The van der Waals surface area contributed by atoms with Gasteiger partial charge in [-0.2, -0.15) is 0 Å². The van der Waals surface area contributed by atoms with E-state index in [1.165, 1.54) is 24.1 Å². The van der Waals surface area contributed by atoms with Crippen LogP contribution in [0.2, 0.25) is 0 Å². The van der Waals surface area contributed by atoms with Crippen LogP contribution in [0.3, 0.4) is 0 Å². The van der Waals surface area contributed by atoms with Crippen LogP contribution in [0.4, 0.5) is 5.69 Å². The third-order valence-corrected chi connectivity index (χ3v) is 9.34. The van der Waals surface area contributed by atoms with E-state index in [4.69, 9.17) is 0 Å². The Morgan fingerprint density at radius 3 is 1.93 bits per heavy atom. The molecule has 0 saturated carbocycles. The summed E-state index contributed by atoms with van der Waals surface area (Å²) in [7, 11) is -2.58. The van der Waals surface area contributed by atoms with Gasteiger partial charge in [0.25, 0.3) is 10.0 Å². The number of amides is 2. The van der Waals surface area contributed by atoms with Crippen molar-refractivity contribution in [3.8, 4) is 0 Å². The second kappa shape index (κ2) is 14.3. The van der Waals surface area contributed by atoms with Gasteiger partial charge in [-0.15, -0.1) is 0 Å². The lowest BCUT2D eigenvalue weighted by Gasteiger charge is -2.33. The Kier molecular flexibility index (Phi) is 10.5. The van der Waals surface area contributed by atoms with Crippen molar-refractivity contribution in [2.45, 2.75) is 37.2 Å². The lowest BCUT2D eigenvalue weighted by molar-refractivity contribution is -0.139. The molecule has 0 aliphatic heterocycles. The number of carbonyl (C=O) groups excluding carboxylic acids is 2. The lowest BCUT2D eigenvalue weighted by Crippen LogP contribution is -2.53. The number of halogens is 1. The van der Waals surface area contributed by atoms with E-state index in [9.17, 15) is 18.0 Å². The van der Waals surface area contributed by atoms with E-state index in [2.05, 4.69) is 21.2 Å². The fourth-order valence-electron chi connectivity index (χ4n) is 4.65. The van der Waals surface area contributed by atoms with Gasteiger partial charge in [0.15, 0.2) is 0 Å². The highest BCUT2D eigenvalue weighted by atomic mass is 79.9. The van der Waals surface area contributed by atoms with Crippen LogP contribution in [-0.2, 0) is 39.0 Å². The van der Waals surface area contributed by atoms with E-state index < -0.39 is 28.5 Å². The molecule has 1 N–H and O–H groups in total. The van der Waals surface area contributed by atoms with E-state index in [1.54, 1.807) is 30.3 Å². The third-order valence-electron chi connectivity index (χ3n) is 7.03. The molecule has 7 nitrogen and oxygen atoms in total. The Morgan fingerprint density at radius 1 is 0.786 bits per heavy atom. The molecule has 0 unspecified atom stereocenters. The van der Waals surface area contributed by atoms with Gasteiger partial charge in [-0.1, -0.05) is 95.7 Å². The van der Waals surface area contributed by atoms with Crippen molar-refractivity contribution in [2.75, 3.05) is 17.9 Å². The van der Waals surface area contributed by atoms with Crippen molar-refractivity contribution in [1.29, 1.82) is 0 Å². The molecule has 218 valence electrons. The maximum Gasteiger partial charge on any atom is 0.264 e. The molecule has 0 aromatic heterocycles. The number of nitrogens with one attached hydrogen (secondary N) is 1. The van der Waals surface area contributed by atoms with Gasteiger partial charge >= 0.3 is 0 Å². The number of carbonyl (C=O) groups is 2. The molecule has 0 radical (unpaired) electrons. The van der Waals surface area contributed by atoms with Crippen LogP contribution in [-0.4, -0.2) is 44.8 Å². The molecule has 1 atom stereocenters. The summed E-state index contributed by atoms with van der Waals surface area (Å²) in [5.41, 5.74) is 3.09. The molecule has 0 heterocycles. The Bertz CT molecular complexity index is 1580. The van der Waals surface area contributed by atoms with Crippen LogP contribution in [0, 0.1) is 0 Å². The average molecular weight is 649 g/mol. The van der Waals surface area contributed by atoms with Crippen LogP contribution in [0.15, 0.2) is 119 Å².